The molecule has 2 aromatic heterocycles. The summed E-state index contributed by atoms with van der Waals surface area (Å²) >= 11 is 4.23. The van der Waals surface area contributed by atoms with Crippen LogP contribution in [0.25, 0.3) is 10.2 Å². The van der Waals surface area contributed by atoms with Crippen LogP contribution >= 0.6 is 34.4 Å². The molecule has 0 saturated carbocycles. The van der Waals surface area contributed by atoms with E-state index in [-0.39, 0.29) is 5.91 Å². The number of carbonyl (C=O) groups excluding carboxylic acids is 1. The Morgan fingerprint density at radius 2 is 2.19 bits per heavy atom. The van der Waals surface area contributed by atoms with E-state index in [0.29, 0.717) is 10.1 Å². The molecule has 0 saturated heterocycles. The molecular weight excluding hydrogens is 324 g/mol. The van der Waals surface area contributed by atoms with E-state index in [9.17, 15) is 4.79 Å². The van der Waals surface area contributed by atoms with Gasteiger partial charge in [-0.05, 0) is 12.1 Å². The van der Waals surface area contributed by atoms with Crippen LogP contribution in [0.5, 0.6) is 0 Å². The van der Waals surface area contributed by atoms with Crippen molar-refractivity contribution in [1.29, 1.82) is 0 Å². The van der Waals surface area contributed by atoms with Gasteiger partial charge in [0, 0.05) is 5.75 Å². The molecular formula is C13H10N4OS3. The van der Waals surface area contributed by atoms with Crippen molar-refractivity contribution in [3.05, 3.63) is 41.9 Å². The third-order valence-corrected chi connectivity index (χ3v) is 5.44. The third kappa shape index (κ3) is 3.29. The maximum Gasteiger partial charge on any atom is 0.286 e. The Morgan fingerprint density at radius 1 is 1.33 bits per heavy atom. The lowest BCUT2D eigenvalue weighted by Gasteiger charge is -1.95. The van der Waals surface area contributed by atoms with Crippen molar-refractivity contribution in [2.75, 3.05) is 11.1 Å². The molecule has 5 nitrogen and oxygen atoms in total. The molecule has 8 heteroatoms. The number of amides is 1. The van der Waals surface area contributed by atoms with Crippen LogP contribution in [0.2, 0.25) is 0 Å². The minimum atomic E-state index is -0.257. The highest BCUT2D eigenvalue weighted by atomic mass is 32.2. The highest BCUT2D eigenvalue weighted by Crippen LogP contribution is 2.27. The molecule has 2 heterocycles. The van der Waals surface area contributed by atoms with Crippen LogP contribution in [0, 0.1) is 0 Å². The maximum atomic E-state index is 12.2. The molecule has 0 bridgehead atoms. The molecule has 0 fully saturated rings. The van der Waals surface area contributed by atoms with E-state index in [1.54, 1.807) is 6.08 Å². The summed E-state index contributed by atoms with van der Waals surface area (Å²) in [6.45, 7) is 3.65. The number of anilines is 1. The summed E-state index contributed by atoms with van der Waals surface area (Å²) in [6.07, 6.45) is 1.80. The zero-order valence-corrected chi connectivity index (χ0v) is 13.2. The molecule has 0 aliphatic carbocycles. The fraction of sp³-hybridized carbons (Fsp3) is 0.0769. The number of nitrogens with one attached hydrogen (secondary N) is 1. The smallest absolute Gasteiger partial charge is 0.286 e. The first-order valence-corrected chi connectivity index (χ1v) is 8.62. The largest absolute Gasteiger partial charge is 0.294 e. The number of nitrogens with zero attached hydrogens (tertiary/aromatic N) is 3. The van der Waals surface area contributed by atoms with Crippen LogP contribution < -0.4 is 5.32 Å². The van der Waals surface area contributed by atoms with Crippen molar-refractivity contribution in [2.45, 2.75) is 4.34 Å². The van der Waals surface area contributed by atoms with Crippen LogP contribution in [0.3, 0.4) is 0 Å². The molecule has 0 unspecified atom stereocenters. The number of rotatable bonds is 5. The van der Waals surface area contributed by atoms with Gasteiger partial charge in [-0.25, -0.2) is 4.98 Å². The first-order valence-electron chi connectivity index (χ1n) is 6.00. The van der Waals surface area contributed by atoms with E-state index in [1.165, 1.54) is 34.4 Å². The van der Waals surface area contributed by atoms with Gasteiger partial charge in [-0.3, -0.25) is 10.1 Å². The molecule has 3 aromatic rings. The average molecular weight is 334 g/mol. The molecule has 1 N–H and O–H groups in total. The number of aromatic nitrogens is 3. The van der Waals surface area contributed by atoms with Crippen LogP contribution in [-0.2, 0) is 0 Å². The predicted molar refractivity (Wildman–Crippen MR) is 88.4 cm³/mol. The Balaban J connectivity index is 1.73. The van der Waals surface area contributed by atoms with Gasteiger partial charge in [-0.2, -0.15) is 0 Å². The molecule has 106 valence electrons. The summed E-state index contributed by atoms with van der Waals surface area (Å²) in [5.41, 5.74) is 0.826. The Hall–Kier alpha value is -1.77. The third-order valence-electron chi connectivity index (χ3n) is 2.44. The van der Waals surface area contributed by atoms with Crippen molar-refractivity contribution in [2.24, 2.45) is 0 Å². The topological polar surface area (TPSA) is 67.8 Å². The highest BCUT2D eigenvalue weighted by molar-refractivity contribution is 8.01. The number of carbonyl (C=O) groups is 1. The van der Waals surface area contributed by atoms with E-state index in [1.807, 2.05) is 24.3 Å². The lowest BCUT2D eigenvalue weighted by Crippen LogP contribution is -2.11. The zero-order chi connectivity index (χ0) is 14.7. The summed E-state index contributed by atoms with van der Waals surface area (Å²) in [4.78, 5) is 16.5. The Morgan fingerprint density at radius 3 is 3.00 bits per heavy atom. The number of thiazole rings is 1. The molecule has 0 spiro atoms. The molecule has 0 aliphatic rings. The number of benzene rings is 1. The van der Waals surface area contributed by atoms with Crippen molar-refractivity contribution < 1.29 is 4.79 Å². The van der Waals surface area contributed by atoms with Crippen molar-refractivity contribution in [1.82, 2.24) is 15.2 Å². The van der Waals surface area contributed by atoms with E-state index in [0.717, 1.165) is 20.3 Å². The minimum Gasteiger partial charge on any atom is -0.294 e. The monoisotopic (exact) mass is 334 g/mol. The van der Waals surface area contributed by atoms with Gasteiger partial charge in [0.2, 0.25) is 5.13 Å². The van der Waals surface area contributed by atoms with Gasteiger partial charge in [-0.15, -0.1) is 28.1 Å². The first-order chi connectivity index (χ1) is 10.3. The molecule has 1 amide bonds. The molecule has 21 heavy (non-hydrogen) atoms. The van der Waals surface area contributed by atoms with Crippen molar-refractivity contribution >= 4 is 55.7 Å². The zero-order valence-electron chi connectivity index (χ0n) is 10.8. The van der Waals surface area contributed by atoms with Crippen LogP contribution in [0.4, 0.5) is 5.13 Å². The molecule has 1 aromatic carbocycles. The Labute approximate surface area is 133 Å². The van der Waals surface area contributed by atoms with Gasteiger partial charge in [-0.1, -0.05) is 41.3 Å². The number of fused-ring (bicyclic) bond motifs is 1. The summed E-state index contributed by atoms with van der Waals surface area (Å²) in [5, 5.41) is 11.6. The number of hydrogen-bond donors (Lipinski definition) is 1. The second kappa shape index (κ2) is 6.33. The van der Waals surface area contributed by atoms with E-state index in [4.69, 9.17) is 0 Å². The number of para-hydroxylation sites is 1. The van der Waals surface area contributed by atoms with E-state index >= 15 is 0 Å². The minimum absolute atomic E-state index is 0.257. The molecule has 0 radical (unpaired) electrons. The number of thioether (sulfide) groups is 1. The van der Waals surface area contributed by atoms with Crippen LogP contribution in [-0.4, -0.2) is 26.8 Å². The fourth-order valence-electron chi connectivity index (χ4n) is 1.57. The van der Waals surface area contributed by atoms with E-state index in [2.05, 4.69) is 27.1 Å². The maximum absolute atomic E-state index is 12.2. The Bertz CT molecular complexity index is 762. The van der Waals surface area contributed by atoms with Gasteiger partial charge >= 0.3 is 0 Å². The van der Waals surface area contributed by atoms with Crippen molar-refractivity contribution in [3.63, 3.8) is 0 Å². The lowest BCUT2D eigenvalue weighted by atomic mass is 10.3. The summed E-state index contributed by atoms with van der Waals surface area (Å²) in [6, 6.07) is 7.66. The van der Waals surface area contributed by atoms with Crippen molar-refractivity contribution in [3.8, 4) is 0 Å². The van der Waals surface area contributed by atoms with Gasteiger partial charge in [0.1, 0.15) is 0 Å². The van der Waals surface area contributed by atoms with Gasteiger partial charge < -0.3 is 0 Å². The summed E-state index contributed by atoms with van der Waals surface area (Å²) < 4.78 is 1.79. The fourth-order valence-corrected chi connectivity index (χ4v) is 3.94. The molecule has 0 aliphatic heterocycles. The quantitative estimate of drug-likeness (QED) is 0.438. The van der Waals surface area contributed by atoms with Gasteiger partial charge in [0.25, 0.3) is 5.91 Å². The summed E-state index contributed by atoms with van der Waals surface area (Å²) in [5.74, 6) is 0.508. The standard InChI is InChI=1S/C13H10N4OS3/c1-2-7-19-13-17-16-12(21-13)15-10(18)11-14-8-5-3-4-6-9(8)20-11/h2-6H,1,7H2,(H,15,16,18). The number of hydrogen-bond acceptors (Lipinski definition) is 7. The summed E-state index contributed by atoms with van der Waals surface area (Å²) in [7, 11) is 0. The average Bonchev–Trinajstić information content (AvgIpc) is 3.11. The van der Waals surface area contributed by atoms with E-state index < -0.39 is 0 Å². The normalized spacial score (nSPS) is 10.7. The van der Waals surface area contributed by atoms with Gasteiger partial charge in [0.05, 0.1) is 10.2 Å². The van der Waals surface area contributed by atoms with Gasteiger partial charge in [0.15, 0.2) is 9.35 Å². The highest BCUT2D eigenvalue weighted by Gasteiger charge is 2.14. The van der Waals surface area contributed by atoms with Crippen LogP contribution in [0.1, 0.15) is 9.80 Å². The predicted octanol–water partition coefficient (Wildman–Crippen LogP) is 3.68. The second-order valence-electron chi connectivity index (χ2n) is 3.91. The first kappa shape index (κ1) is 14.2. The Kier molecular flexibility index (Phi) is 4.28. The second-order valence-corrected chi connectivity index (χ2v) is 7.19. The SMILES string of the molecule is C=CCSc1nnc(NC(=O)c2nc3ccccc3s2)s1. The lowest BCUT2D eigenvalue weighted by molar-refractivity contribution is 0.102. The molecule has 0 atom stereocenters. The molecule has 3 rings (SSSR count). The van der Waals surface area contributed by atoms with Crippen LogP contribution in [0.15, 0.2) is 41.3 Å².